The Morgan fingerprint density at radius 2 is 1.67 bits per heavy atom. The molecule has 0 fully saturated rings. The minimum Gasteiger partial charge on any atom is -0.493 e. The van der Waals surface area contributed by atoms with Gasteiger partial charge in [-0.25, -0.2) is 4.79 Å². The molecule has 0 aliphatic heterocycles. The number of unbranched alkanes of at least 4 members (excludes halogenated alkanes) is 1. The second kappa shape index (κ2) is 12.5. The molecule has 0 unspecified atom stereocenters. The van der Waals surface area contributed by atoms with E-state index in [9.17, 15) is 9.90 Å². The van der Waals surface area contributed by atoms with Gasteiger partial charge in [0.25, 0.3) is 0 Å². The van der Waals surface area contributed by atoms with Crippen molar-refractivity contribution in [2.75, 3.05) is 20.3 Å². The van der Waals surface area contributed by atoms with Crippen molar-refractivity contribution in [1.29, 1.82) is 0 Å². The van der Waals surface area contributed by atoms with Crippen LogP contribution >= 0.6 is 0 Å². The maximum atomic E-state index is 12.1. The second-order valence-corrected chi connectivity index (χ2v) is 9.62. The highest BCUT2D eigenvalue weighted by Crippen LogP contribution is 2.29. The average molecular weight is 458 g/mol. The fourth-order valence-corrected chi connectivity index (χ4v) is 3.40. The van der Waals surface area contributed by atoms with Gasteiger partial charge in [-0.05, 0) is 83.1 Å². The molecule has 0 aliphatic rings. The van der Waals surface area contributed by atoms with Gasteiger partial charge in [0.15, 0.2) is 11.5 Å². The molecule has 6 nitrogen and oxygen atoms in total. The molecular formula is C27H39NO5. The van der Waals surface area contributed by atoms with Gasteiger partial charge in [0.1, 0.15) is 5.60 Å². The van der Waals surface area contributed by atoms with Crippen LogP contribution in [0.4, 0.5) is 4.79 Å². The number of amides is 1. The predicted molar refractivity (Wildman–Crippen MR) is 131 cm³/mol. The Morgan fingerprint density at radius 3 is 2.30 bits per heavy atom. The first-order valence-corrected chi connectivity index (χ1v) is 11.6. The zero-order valence-electron chi connectivity index (χ0n) is 20.6. The maximum Gasteiger partial charge on any atom is 0.408 e. The summed E-state index contributed by atoms with van der Waals surface area (Å²) in [6.45, 7) is 7.67. The number of aliphatic hydroxyl groups excluding tert-OH is 1. The summed E-state index contributed by atoms with van der Waals surface area (Å²) in [5.41, 5.74) is 0.999. The van der Waals surface area contributed by atoms with E-state index >= 15 is 0 Å². The van der Waals surface area contributed by atoms with E-state index in [2.05, 4.69) is 29.6 Å². The van der Waals surface area contributed by atoms with Gasteiger partial charge in [-0.3, -0.25) is 0 Å². The molecule has 0 saturated carbocycles. The van der Waals surface area contributed by atoms with Gasteiger partial charge in [-0.15, -0.1) is 0 Å². The van der Waals surface area contributed by atoms with Crippen molar-refractivity contribution >= 4 is 6.09 Å². The third-order valence-corrected chi connectivity index (χ3v) is 5.31. The van der Waals surface area contributed by atoms with Gasteiger partial charge in [-0.2, -0.15) is 0 Å². The number of hydrogen-bond donors (Lipinski definition) is 2. The molecule has 6 heteroatoms. The molecule has 0 radical (unpaired) electrons. The lowest BCUT2D eigenvalue weighted by Crippen LogP contribution is -2.50. The largest absolute Gasteiger partial charge is 0.493 e. The van der Waals surface area contributed by atoms with Crippen molar-refractivity contribution in [3.8, 4) is 11.5 Å². The second-order valence-electron chi connectivity index (χ2n) is 9.62. The van der Waals surface area contributed by atoms with Crippen LogP contribution in [0.5, 0.6) is 11.5 Å². The van der Waals surface area contributed by atoms with Gasteiger partial charge in [-0.1, -0.05) is 36.4 Å². The van der Waals surface area contributed by atoms with Crippen LogP contribution in [0.25, 0.3) is 0 Å². The molecule has 0 spiro atoms. The Bertz CT molecular complexity index is 863. The van der Waals surface area contributed by atoms with E-state index in [-0.39, 0.29) is 6.61 Å². The maximum absolute atomic E-state index is 12.1. The molecule has 1 atom stereocenters. The van der Waals surface area contributed by atoms with Gasteiger partial charge in [0.05, 0.1) is 25.9 Å². The standard InChI is InChI=1S/C27H39NO5/c1-26(2,3)33-25(30)28-27(4,20-29)17-16-22-14-15-23(24(19-22)31-5)32-18-10-9-13-21-11-7-6-8-12-21/h6-8,11-12,14-15,19,29H,9-10,13,16-18,20H2,1-5H3,(H,28,30)/t27-/m1/s1. The van der Waals surface area contributed by atoms with Crippen molar-refractivity contribution in [2.45, 2.75) is 70.9 Å². The fraction of sp³-hybridized carbons (Fsp3) is 0.519. The molecule has 0 bridgehead atoms. The zero-order chi connectivity index (χ0) is 24.3. The minimum absolute atomic E-state index is 0.187. The normalized spacial score (nSPS) is 13.2. The number of alkyl carbamates (subject to hydrolysis) is 1. The van der Waals surface area contributed by atoms with Crippen LogP contribution in [-0.2, 0) is 17.6 Å². The van der Waals surface area contributed by atoms with E-state index in [1.54, 1.807) is 14.0 Å². The average Bonchev–Trinajstić information content (AvgIpc) is 2.77. The Kier molecular flexibility index (Phi) is 10.0. The molecular weight excluding hydrogens is 418 g/mol. The van der Waals surface area contributed by atoms with Gasteiger partial charge in [0.2, 0.25) is 0 Å². The molecule has 33 heavy (non-hydrogen) atoms. The summed E-state index contributed by atoms with van der Waals surface area (Å²) in [4.78, 5) is 12.1. The highest BCUT2D eigenvalue weighted by molar-refractivity contribution is 5.68. The van der Waals surface area contributed by atoms with Crippen LogP contribution in [0.1, 0.15) is 58.1 Å². The zero-order valence-corrected chi connectivity index (χ0v) is 20.6. The lowest BCUT2D eigenvalue weighted by molar-refractivity contribution is 0.0407. The Hall–Kier alpha value is -2.73. The smallest absolute Gasteiger partial charge is 0.408 e. The van der Waals surface area contributed by atoms with Crippen LogP contribution < -0.4 is 14.8 Å². The summed E-state index contributed by atoms with van der Waals surface area (Å²) in [7, 11) is 1.63. The number of nitrogens with one attached hydrogen (secondary N) is 1. The van der Waals surface area contributed by atoms with E-state index in [4.69, 9.17) is 14.2 Å². The summed E-state index contributed by atoms with van der Waals surface area (Å²) >= 11 is 0. The third-order valence-electron chi connectivity index (χ3n) is 5.31. The molecule has 1 amide bonds. The molecule has 0 aliphatic carbocycles. The topological polar surface area (TPSA) is 77.0 Å². The lowest BCUT2D eigenvalue weighted by Gasteiger charge is -2.30. The van der Waals surface area contributed by atoms with Crippen LogP contribution in [0, 0.1) is 0 Å². The number of ether oxygens (including phenoxy) is 3. The van der Waals surface area contributed by atoms with Crippen LogP contribution in [0.2, 0.25) is 0 Å². The molecule has 2 N–H and O–H groups in total. The predicted octanol–water partition coefficient (Wildman–Crippen LogP) is 5.31. The van der Waals surface area contributed by atoms with E-state index in [1.807, 2.05) is 45.0 Å². The number of methoxy groups -OCH3 is 1. The van der Waals surface area contributed by atoms with Gasteiger partial charge in [0, 0.05) is 0 Å². The van der Waals surface area contributed by atoms with E-state index in [0.29, 0.717) is 25.2 Å². The SMILES string of the molecule is COc1cc(CC[C@](C)(CO)NC(=O)OC(C)(C)C)ccc1OCCCCc1ccccc1. The highest BCUT2D eigenvalue weighted by Gasteiger charge is 2.28. The number of benzene rings is 2. The molecule has 2 rings (SSSR count). The number of carbonyl (C=O) groups excluding carboxylic acids is 1. The molecule has 2 aromatic rings. The van der Waals surface area contributed by atoms with Gasteiger partial charge >= 0.3 is 6.09 Å². The molecule has 2 aromatic carbocycles. The minimum atomic E-state index is -0.788. The quantitative estimate of drug-likeness (QED) is 0.423. The van der Waals surface area contributed by atoms with Crippen molar-refractivity contribution in [3.05, 3.63) is 59.7 Å². The van der Waals surface area contributed by atoms with Crippen LogP contribution in [-0.4, -0.2) is 42.7 Å². The number of hydrogen-bond acceptors (Lipinski definition) is 5. The first-order valence-electron chi connectivity index (χ1n) is 11.6. The highest BCUT2D eigenvalue weighted by atomic mass is 16.6. The Morgan fingerprint density at radius 1 is 0.939 bits per heavy atom. The van der Waals surface area contributed by atoms with Gasteiger partial charge < -0.3 is 24.6 Å². The van der Waals surface area contributed by atoms with Crippen molar-refractivity contribution in [2.24, 2.45) is 0 Å². The fourth-order valence-electron chi connectivity index (χ4n) is 3.40. The summed E-state index contributed by atoms with van der Waals surface area (Å²) < 4.78 is 16.8. The summed E-state index contributed by atoms with van der Waals surface area (Å²) in [5, 5.41) is 12.6. The van der Waals surface area contributed by atoms with Crippen molar-refractivity contribution in [3.63, 3.8) is 0 Å². The first-order chi connectivity index (χ1) is 15.6. The Labute approximate surface area is 198 Å². The number of aliphatic hydroxyl groups is 1. The lowest BCUT2D eigenvalue weighted by atomic mass is 9.94. The summed E-state index contributed by atoms with van der Waals surface area (Å²) in [5.74, 6) is 1.40. The molecule has 0 aromatic heterocycles. The van der Waals surface area contributed by atoms with E-state index in [0.717, 1.165) is 30.6 Å². The number of carbonyl (C=O) groups is 1. The number of aryl methyl sites for hydroxylation is 2. The van der Waals surface area contributed by atoms with E-state index < -0.39 is 17.2 Å². The molecule has 0 saturated heterocycles. The van der Waals surface area contributed by atoms with Crippen LogP contribution in [0.3, 0.4) is 0 Å². The third kappa shape index (κ3) is 9.74. The number of rotatable bonds is 12. The molecule has 182 valence electrons. The summed E-state index contributed by atoms with van der Waals surface area (Å²) in [6.07, 6.45) is 3.74. The molecule has 0 heterocycles. The van der Waals surface area contributed by atoms with Crippen molar-refractivity contribution in [1.82, 2.24) is 5.32 Å². The van der Waals surface area contributed by atoms with Crippen LogP contribution in [0.15, 0.2) is 48.5 Å². The Balaban J connectivity index is 1.85. The first kappa shape index (κ1) is 26.5. The summed E-state index contributed by atoms with van der Waals surface area (Å²) in [6, 6.07) is 16.3. The van der Waals surface area contributed by atoms with Crippen molar-refractivity contribution < 1.29 is 24.1 Å². The van der Waals surface area contributed by atoms with E-state index in [1.165, 1.54) is 5.56 Å². The monoisotopic (exact) mass is 457 g/mol.